The van der Waals surface area contributed by atoms with E-state index in [0.29, 0.717) is 6.42 Å². The molecule has 13 nitrogen and oxygen atoms in total. The normalized spacial score (nSPS) is 24.1. The molecule has 1 aromatic heterocycles. The third-order valence-corrected chi connectivity index (χ3v) is 10.2. The van der Waals surface area contributed by atoms with Crippen molar-refractivity contribution in [1.82, 2.24) is 20.0 Å². The Kier molecular flexibility index (Phi) is 10.7. The Morgan fingerprint density at radius 3 is 2.60 bits per heavy atom. The lowest BCUT2D eigenvalue weighted by molar-refractivity contribution is -0.117. The average Bonchev–Trinajstić information content (AvgIpc) is 3.36. The van der Waals surface area contributed by atoms with Crippen LogP contribution in [0, 0.1) is 10.8 Å². The number of nitrogens with one attached hydrogen (secondary N) is 3. The van der Waals surface area contributed by atoms with Gasteiger partial charge in [-0.05, 0) is 18.9 Å². The number of aromatic amines is 1. The van der Waals surface area contributed by atoms with Crippen molar-refractivity contribution in [2.24, 2.45) is 10.8 Å². The Hall–Kier alpha value is -2.74. The first kappa shape index (κ1) is 33.2. The average molecular weight is 639 g/mol. The Bertz CT molecular complexity index is 1450. The second-order valence-electron chi connectivity index (χ2n) is 11.4. The monoisotopic (exact) mass is 638 g/mol. The zero-order valence-corrected chi connectivity index (χ0v) is 26.4. The van der Waals surface area contributed by atoms with E-state index in [1.165, 1.54) is 16.8 Å². The first-order valence-electron chi connectivity index (χ1n) is 14.1. The standard InChI is InChI=1S/C28H39N4O9PS/c1-5-38-26(36)29-18-27(2,3)24(34)43-14-13-39-42(37,30-16-19-9-7-6-8-10-19)40-17-20-15-28(4)22(23(28)41-20)32-12-11-21(33)31-25(32)35/h6-12,20,22-23H,5,13-18H2,1-4H3,(H,29,36)(H,30,37)(H,31,33,35). The number of amides is 1. The van der Waals surface area contributed by atoms with Crippen molar-refractivity contribution < 1.29 is 32.7 Å². The maximum Gasteiger partial charge on any atom is 0.407 e. The summed E-state index contributed by atoms with van der Waals surface area (Å²) in [5.41, 5.74) is -1.24. The lowest BCUT2D eigenvalue weighted by atomic mass is 9.96. The zero-order chi connectivity index (χ0) is 31.3. The number of ether oxygens (including phenoxy) is 2. The van der Waals surface area contributed by atoms with Crippen molar-refractivity contribution in [3.8, 4) is 0 Å². The molecule has 0 radical (unpaired) electrons. The van der Waals surface area contributed by atoms with E-state index in [1.807, 2.05) is 37.3 Å². The van der Waals surface area contributed by atoms with Crippen molar-refractivity contribution in [1.29, 1.82) is 0 Å². The van der Waals surface area contributed by atoms with Gasteiger partial charge in [-0.2, -0.15) is 0 Å². The number of fused-ring (bicyclic) bond motifs is 1. The second kappa shape index (κ2) is 13.9. The van der Waals surface area contributed by atoms with Crippen LogP contribution in [0.5, 0.6) is 0 Å². The van der Waals surface area contributed by atoms with Crippen LogP contribution in [0.1, 0.15) is 45.7 Å². The molecule has 5 unspecified atom stereocenters. The van der Waals surface area contributed by atoms with Crippen molar-refractivity contribution in [2.75, 3.05) is 32.1 Å². The van der Waals surface area contributed by atoms with Crippen LogP contribution in [-0.4, -0.2) is 65.1 Å². The first-order valence-corrected chi connectivity index (χ1v) is 16.6. The van der Waals surface area contributed by atoms with Gasteiger partial charge in [0.1, 0.15) is 0 Å². The molecule has 3 N–H and O–H groups in total. The van der Waals surface area contributed by atoms with Crippen LogP contribution in [0.3, 0.4) is 0 Å². The van der Waals surface area contributed by atoms with Gasteiger partial charge < -0.3 is 14.8 Å². The van der Waals surface area contributed by atoms with Crippen molar-refractivity contribution in [3.05, 3.63) is 69.0 Å². The van der Waals surface area contributed by atoms with E-state index >= 15 is 0 Å². The van der Waals surface area contributed by atoms with Crippen LogP contribution >= 0.6 is 19.5 Å². The van der Waals surface area contributed by atoms with Crippen molar-refractivity contribution >= 4 is 30.7 Å². The van der Waals surface area contributed by atoms with Gasteiger partial charge in [0.15, 0.2) is 5.12 Å². The molecule has 2 aliphatic rings. The van der Waals surface area contributed by atoms with Crippen LogP contribution < -0.4 is 21.7 Å². The van der Waals surface area contributed by atoms with Crippen LogP contribution in [0.2, 0.25) is 0 Å². The topological polar surface area (TPSA) is 167 Å². The molecule has 2 aromatic rings. The highest BCUT2D eigenvalue weighted by Gasteiger charge is 2.69. The number of carbonyl (C=O) groups is 2. The molecule has 1 aliphatic heterocycles. The minimum atomic E-state index is -3.81. The molecule has 5 atom stereocenters. The van der Waals surface area contributed by atoms with Crippen molar-refractivity contribution in [3.63, 3.8) is 0 Å². The predicted molar refractivity (Wildman–Crippen MR) is 161 cm³/mol. The molecule has 1 saturated carbocycles. The van der Waals surface area contributed by atoms with E-state index in [0.717, 1.165) is 17.3 Å². The van der Waals surface area contributed by atoms with Crippen LogP contribution in [0.25, 0.3) is 0 Å². The summed E-state index contributed by atoms with van der Waals surface area (Å²) in [4.78, 5) is 50.3. The summed E-state index contributed by atoms with van der Waals surface area (Å²) in [6.07, 6.45) is 0.833. The van der Waals surface area contributed by atoms with E-state index in [1.54, 1.807) is 20.8 Å². The molecule has 2 heterocycles. The lowest BCUT2D eigenvalue weighted by Crippen LogP contribution is -2.38. The third-order valence-electron chi connectivity index (χ3n) is 7.49. The highest BCUT2D eigenvalue weighted by molar-refractivity contribution is 8.13. The summed E-state index contributed by atoms with van der Waals surface area (Å²) in [6, 6.07) is 10.5. The number of alkyl carbamates (subject to hydrolysis) is 1. The minimum Gasteiger partial charge on any atom is -0.450 e. The molecule has 1 amide bonds. The lowest BCUT2D eigenvalue weighted by Gasteiger charge is -2.24. The van der Waals surface area contributed by atoms with Gasteiger partial charge in [-0.25, -0.2) is 19.2 Å². The van der Waals surface area contributed by atoms with Gasteiger partial charge in [0.2, 0.25) is 0 Å². The van der Waals surface area contributed by atoms with E-state index in [4.69, 9.17) is 18.5 Å². The van der Waals surface area contributed by atoms with E-state index in [-0.39, 0.29) is 67.4 Å². The van der Waals surface area contributed by atoms with Gasteiger partial charge in [0.25, 0.3) is 5.56 Å². The Morgan fingerprint density at radius 1 is 1.21 bits per heavy atom. The summed E-state index contributed by atoms with van der Waals surface area (Å²) in [5.74, 6) is 0.220. The molecule has 1 saturated heterocycles. The molecule has 1 aromatic carbocycles. The van der Waals surface area contributed by atoms with Gasteiger partial charge in [-0.3, -0.25) is 28.2 Å². The molecule has 0 spiro atoms. The molecule has 4 rings (SSSR count). The number of aromatic nitrogens is 2. The third kappa shape index (κ3) is 8.46. The SMILES string of the molecule is CCOC(=O)NCC(C)(C)C(=O)SCCOP(=O)(NCc1ccccc1)OCC1CC2(C)C(O1)C2n1ccc(=O)[nH]c1=O. The van der Waals surface area contributed by atoms with E-state index in [9.17, 15) is 23.7 Å². The van der Waals surface area contributed by atoms with Gasteiger partial charge in [-0.1, -0.05) is 62.9 Å². The molecule has 236 valence electrons. The largest absolute Gasteiger partial charge is 0.450 e. The first-order chi connectivity index (χ1) is 20.4. The summed E-state index contributed by atoms with van der Waals surface area (Å²) in [7, 11) is -3.81. The maximum atomic E-state index is 13.7. The molecule has 2 fully saturated rings. The molecule has 15 heteroatoms. The Morgan fingerprint density at radius 2 is 1.95 bits per heavy atom. The summed E-state index contributed by atoms with van der Waals surface area (Å²) in [6.45, 7) is 7.68. The van der Waals surface area contributed by atoms with Gasteiger partial charge >= 0.3 is 19.5 Å². The number of rotatable bonds is 15. The fourth-order valence-corrected chi connectivity index (χ4v) is 7.31. The highest BCUT2D eigenvalue weighted by Crippen LogP contribution is 2.65. The smallest absolute Gasteiger partial charge is 0.407 e. The minimum absolute atomic E-state index is 0.00294. The molecular formula is C28H39N4O9PS. The van der Waals surface area contributed by atoms with Gasteiger partial charge in [-0.15, -0.1) is 0 Å². The Balaban J connectivity index is 1.29. The van der Waals surface area contributed by atoms with Crippen LogP contribution in [0.15, 0.2) is 52.2 Å². The second-order valence-corrected chi connectivity index (χ2v) is 14.3. The number of nitrogens with zero attached hydrogens (tertiary/aromatic N) is 1. The number of H-pyrrole nitrogens is 1. The quantitative estimate of drug-likeness (QED) is 0.194. The maximum absolute atomic E-state index is 13.7. The number of benzene rings is 1. The number of thioether (sulfide) groups is 1. The molecule has 43 heavy (non-hydrogen) atoms. The summed E-state index contributed by atoms with van der Waals surface area (Å²) < 4.78 is 37.7. The van der Waals surface area contributed by atoms with Crippen LogP contribution in [0.4, 0.5) is 4.79 Å². The fraction of sp³-hybridized carbons (Fsp3) is 0.571. The van der Waals surface area contributed by atoms with E-state index < -0.39 is 30.5 Å². The molecule has 0 bridgehead atoms. The Labute approximate surface area is 254 Å². The summed E-state index contributed by atoms with van der Waals surface area (Å²) >= 11 is 1.02. The van der Waals surface area contributed by atoms with E-state index in [2.05, 4.69) is 15.4 Å². The van der Waals surface area contributed by atoms with Crippen LogP contribution in [-0.2, 0) is 34.4 Å². The number of carbonyl (C=O) groups excluding carboxylic acids is 2. The predicted octanol–water partition coefficient (Wildman–Crippen LogP) is 3.22. The van der Waals surface area contributed by atoms with Gasteiger partial charge in [0, 0.05) is 36.5 Å². The van der Waals surface area contributed by atoms with Gasteiger partial charge in [0.05, 0.1) is 43.5 Å². The van der Waals surface area contributed by atoms with Crippen molar-refractivity contribution in [2.45, 2.75) is 58.9 Å². The molecular weight excluding hydrogens is 599 g/mol. The molecule has 1 aliphatic carbocycles. The zero-order valence-electron chi connectivity index (χ0n) is 24.7. The number of hydrogen-bond donors (Lipinski definition) is 3. The highest BCUT2D eigenvalue weighted by atomic mass is 32.2. The summed E-state index contributed by atoms with van der Waals surface area (Å²) in [5, 5.41) is 5.31. The number of hydrogen-bond acceptors (Lipinski definition) is 10. The fourth-order valence-electron chi connectivity index (χ4n) is 5.05.